The molecule has 1 aliphatic carbocycles. The third kappa shape index (κ3) is 4.41. The van der Waals surface area contributed by atoms with Crippen molar-refractivity contribution in [1.82, 2.24) is 9.47 Å². The molecule has 1 saturated carbocycles. The molecule has 0 radical (unpaired) electrons. The minimum atomic E-state index is -0.895. The number of carboxylic acid groups (broad SMARTS) is 1. The van der Waals surface area contributed by atoms with E-state index in [-0.39, 0.29) is 5.91 Å². The topological polar surface area (TPSA) is 65.8 Å². The van der Waals surface area contributed by atoms with E-state index in [1.54, 1.807) is 6.07 Å². The van der Waals surface area contributed by atoms with Gasteiger partial charge in [0.15, 0.2) is 0 Å². The molecule has 6 nitrogen and oxygen atoms in total. The summed E-state index contributed by atoms with van der Waals surface area (Å²) in [4.78, 5) is 29.6. The molecule has 1 saturated heterocycles. The van der Waals surface area contributed by atoms with Gasteiger partial charge in [0.05, 0.1) is 17.8 Å². The fraction of sp³-hybridized carbons (Fsp3) is 0.484. The Morgan fingerprint density at radius 1 is 0.946 bits per heavy atom. The van der Waals surface area contributed by atoms with Crippen molar-refractivity contribution in [2.24, 2.45) is 5.92 Å². The minimum Gasteiger partial charge on any atom is -0.478 e. The first-order chi connectivity index (χ1) is 18.0. The van der Waals surface area contributed by atoms with E-state index in [0.717, 1.165) is 42.8 Å². The molecule has 3 aromatic rings. The van der Waals surface area contributed by atoms with E-state index in [1.807, 2.05) is 17.0 Å². The largest absolute Gasteiger partial charge is 0.478 e. The van der Waals surface area contributed by atoms with E-state index < -0.39 is 5.97 Å². The van der Waals surface area contributed by atoms with Crippen LogP contribution in [-0.2, 0) is 11.3 Å². The maximum absolute atomic E-state index is 13.4. The van der Waals surface area contributed by atoms with Crippen molar-refractivity contribution < 1.29 is 14.7 Å². The number of hydrogen-bond donors (Lipinski definition) is 1. The van der Waals surface area contributed by atoms with Gasteiger partial charge in [-0.05, 0) is 61.3 Å². The average molecular weight is 500 g/mol. The van der Waals surface area contributed by atoms with Crippen LogP contribution in [0.4, 0.5) is 5.69 Å². The SMILES string of the molecule is CC1CCCN(C(=O)CN2CCn3c(c(C4CCCCC4)c4ccc(C(=O)O)cc43)-c3ccccc32)C1. The van der Waals surface area contributed by atoms with Gasteiger partial charge in [-0.2, -0.15) is 0 Å². The summed E-state index contributed by atoms with van der Waals surface area (Å²) < 4.78 is 2.35. The fourth-order valence-corrected chi connectivity index (χ4v) is 6.97. The van der Waals surface area contributed by atoms with Crippen LogP contribution in [0.15, 0.2) is 42.5 Å². The molecule has 1 amide bonds. The zero-order valence-corrected chi connectivity index (χ0v) is 21.8. The van der Waals surface area contributed by atoms with Crippen molar-refractivity contribution in [1.29, 1.82) is 0 Å². The van der Waals surface area contributed by atoms with E-state index >= 15 is 0 Å². The number of aromatic carboxylic acids is 1. The van der Waals surface area contributed by atoms with Crippen LogP contribution in [0.1, 0.15) is 73.7 Å². The van der Waals surface area contributed by atoms with E-state index in [2.05, 4.69) is 40.7 Å². The number of carbonyl (C=O) groups is 2. The van der Waals surface area contributed by atoms with Gasteiger partial charge in [-0.25, -0.2) is 4.79 Å². The molecule has 2 aliphatic heterocycles. The number of para-hydroxylation sites is 1. The van der Waals surface area contributed by atoms with Gasteiger partial charge in [0.1, 0.15) is 0 Å². The smallest absolute Gasteiger partial charge is 0.335 e. The van der Waals surface area contributed by atoms with Gasteiger partial charge in [-0.1, -0.05) is 50.5 Å². The Balaban J connectivity index is 1.46. The summed E-state index contributed by atoms with van der Waals surface area (Å²) in [6.07, 6.45) is 8.38. The van der Waals surface area contributed by atoms with Crippen LogP contribution in [0.3, 0.4) is 0 Å². The van der Waals surface area contributed by atoms with E-state index in [9.17, 15) is 14.7 Å². The number of aromatic nitrogens is 1. The van der Waals surface area contributed by atoms with Crippen LogP contribution in [-0.4, -0.2) is 52.6 Å². The zero-order chi connectivity index (χ0) is 25.5. The van der Waals surface area contributed by atoms with Crippen molar-refractivity contribution in [3.05, 3.63) is 53.6 Å². The second-order valence-electron chi connectivity index (χ2n) is 11.3. The van der Waals surface area contributed by atoms with Gasteiger partial charge in [0, 0.05) is 48.3 Å². The number of carboxylic acids is 1. The number of amides is 1. The second kappa shape index (κ2) is 9.88. The number of nitrogens with zero attached hydrogens (tertiary/aromatic N) is 3. The Morgan fingerprint density at radius 3 is 2.54 bits per heavy atom. The molecular formula is C31H37N3O3. The summed E-state index contributed by atoms with van der Waals surface area (Å²) in [5.41, 5.74) is 6.19. The number of carbonyl (C=O) groups excluding carboxylic acids is 1. The van der Waals surface area contributed by atoms with E-state index in [1.165, 1.54) is 55.2 Å². The van der Waals surface area contributed by atoms with Crippen molar-refractivity contribution >= 4 is 28.5 Å². The zero-order valence-electron chi connectivity index (χ0n) is 21.8. The van der Waals surface area contributed by atoms with Gasteiger partial charge >= 0.3 is 5.97 Å². The van der Waals surface area contributed by atoms with E-state index in [0.29, 0.717) is 30.5 Å². The van der Waals surface area contributed by atoms with Gasteiger partial charge in [0.2, 0.25) is 5.91 Å². The summed E-state index contributed by atoms with van der Waals surface area (Å²) in [7, 11) is 0. The minimum absolute atomic E-state index is 0.207. The van der Waals surface area contributed by atoms with Crippen molar-refractivity contribution in [3.63, 3.8) is 0 Å². The Hall–Kier alpha value is -3.28. The lowest BCUT2D eigenvalue weighted by molar-refractivity contribution is -0.131. The maximum Gasteiger partial charge on any atom is 0.335 e. The Bertz CT molecular complexity index is 1340. The lowest BCUT2D eigenvalue weighted by Crippen LogP contribution is -2.45. The van der Waals surface area contributed by atoms with Crippen LogP contribution < -0.4 is 4.90 Å². The maximum atomic E-state index is 13.4. The van der Waals surface area contributed by atoms with Crippen molar-refractivity contribution in [3.8, 4) is 11.3 Å². The molecule has 1 atom stereocenters. The van der Waals surface area contributed by atoms with Crippen molar-refractivity contribution in [2.45, 2.75) is 64.3 Å². The molecule has 0 bridgehead atoms. The van der Waals surface area contributed by atoms with E-state index in [4.69, 9.17) is 0 Å². The average Bonchev–Trinajstić information content (AvgIpc) is 3.15. The molecule has 2 fully saturated rings. The molecule has 6 rings (SSSR count). The summed E-state index contributed by atoms with van der Waals surface area (Å²) in [6, 6.07) is 14.1. The molecule has 1 unspecified atom stereocenters. The first-order valence-corrected chi connectivity index (χ1v) is 14.0. The monoisotopic (exact) mass is 499 g/mol. The summed E-state index contributed by atoms with van der Waals surface area (Å²) in [5.74, 6) is 0.342. The first-order valence-electron chi connectivity index (χ1n) is 14.0. The number of rotatable bonds is 4. The Morgan fingerprint density at radius 2 is 1.76 bits per heavy atom. The Kier molecular flexibility index (Phi) is 6.43. The normalized spacial score (nSPS) is 20.4. The molecule has 0 spiro atoms. The number of benzene rings is 2. The number of likely N-dealkylation sites (tertiary alicyclic amines) is 1. The van der Waals surface area contributed by atoms with Gasteiger partial charge in [-0.3, -0.25) is 4.79 Å². The molecule has 1 aromatic heterocycles. The molecule has 3 heterocycles. The van der Waals surface area contributed by atoms with Gasteiger partial charge < -0.3 is 19.5 Å². The number of fused-ring (bicyclic) bond motifs is 5. The van der Waals surface area contributed by atoms with Crippen LogP contribution in [0.2, 0.25) is 0 Å². The third-order valence-electron chi connectivity index (χ3n) is 8.79. The van der Waals surface area contributed by atoms with Crippen LogP contribution in [0.5, 0.6) is 0 Å². The number of piperidine rings is 1. The van der Waals surface area contributed by atoms with Gasteiger partial charge in [-0.15, -0.1) is 0 Å². The fourth-order valence-electron chi connectivity index (χ4n) is 6.97. The van der Waals surface area contributed by atoms with Crippen LogP contribution >= 0.6 is 0 Å². The predicted octanol–water partition coefficient (Wildman–Crippen LogP) is 6.13. The van der Waals surface area contributed by atoms with Crippen LogP contribution in [0.25, 0.3) is 22.2 Å². The second-order valence-corrected chi connectivity index (χ2v) is 11.3. The summed E-state index contributed by atoms with van der Waals surface area (Å²) in [6.45, 7) is 5.75. The highest BCUT2D eigenvalue weighted by molar-refractivity contribution is 6.00. The summed E-state index contributed by atoms with van der Waals surface area (Å²) >= 11 is 0. The molecule has 3 aliphatic rings. The highest BCUT2D eigenvalue weighted by Gasteiger charge is 2.32. The molecule has 194 valence electrons. The lowest BCUT2D eigenvalue weighted by Gasteiger charge is -2.33. The highest BCUT2D eigenvalue weighted by Crippen LogP contribution is 2.47. The number of anilines is 1. The first kappa shape index (κ1) is 24.1. The standard InChI is InChI=1S/C31H37N3O3/c1-21-8-7-15-33(19-21)28(35)20-32-16-17-34-27-18-23(31(36)37)13-14-24(27)29(22-9-3-2-4-10-22)30(34)25-11-5-6-12-26(25)32/h5-6,11-14,18,21-22H,2-4,7-10,15-17,19-20H2,1H3,(H,36,37). The molecule has 37 heavy (non-hydrogen) atoms. The predicted molar refractivity (Wildman–Crippen MR) is 147 cm³/mol. The summed E-state index contributed by atoms with van der Waals surface area (Å²) in [5, 5.41) is 10.9. The lowest BCUT2D eigenvalue weighted by atomic mass is 9.81. The molecule has 2 aromatic carbocycles. The third-order valence-corrected chi connectivity index (χ3v) is 8.79. The molecule has 6 heteroatoms. The molecular weight excluding hydrogens is 462 g/mol. The number of hydrogen-bond acceptors (Lipinski definition) is 3. The Labute approximate surface area is 218 Å². The quantitative estimate of drug-likeness (QED) is 0.469. The van der Waals surface area contributed by atoms with Gasteiger partial charge in [0.25, 0.3) is 0 Å². The van der Waals surface area contributed by atoms with Crippen molar-refractivity contribution in [2.75, 3.05) is 31.1 Å². The van der Waals surface area contributed by atoms with Crippen LogP contribution in [0, 0.1) is 5.92 Å². The highest BCUT2D eigenvalue weighted by atomic mass is 16.4. The molecule has 1 N–H and O–H groups in total.